The zero-order chi connectivity index (χ0) is 25.8. The van der Waals surface area contributed by atoms with Gasteiger partial charge in [0.15, 0.2) is 0 Å². The zero-order valence-corrected chi connectivity index (χ0v) is 21.0. The molecule has 4 aromatic rings. The van der Waals surface area contributed by atoms with Crippen LogP contribution in [-0.4, -0.2) is 65.6 Å². The van der Waals surface area contributed by atoms with Crippen molar-refractivity contribution in [1.82, 2.24) is 40.8 Å². The second-order valence-electron chi connectivity index (χ2n) is 9.29. The maximum Gasteiger partial charge on any atom is 0.253 e. The summed E-state index contributed by atoms with van der Waals surface area (Å²) < 4.78 is 0. The van der Waals surface area contributed by atoms with Gasteiger partial charge in [-0.2, -0.15) is 5.21 Å². The fraction of sp³-hybridized carbons (Fsp3) is 0.308. The number of hydrogen-bond donors (Lipinski definition) is 3. The van der Waals surface area contributed by atoms with Gasteiger partial charge in [-0.25, -0.2) is 4.98 Å². The Kier molecular flexibility index (Phi) is 7.50. The zero-order valence-electron chi connectivity index (χ0n) is 20.3. The van der Waals surface area contributed by atoms with E-state index in [1.54, 1.807) is 36.6 Å². The number of nitrogens with zero attached hydrogens (tertiary/aromatic N) is 6. The molecule has 0 bridgehead atoms. The van der Waals surface area contributed by atoms with Gasteiger partial charge in [-0.3, -0.25) is 9.78 Å². The van der Waals surface area contributed by atoms with Crippen molar-refractivity contribution in [2.75, 3.05) is 7.05 Å². The molecule has 4 heterocycles. The molecule has 3 N–H and O–H groups in total. The minimum absolute atomic E-state index is 0.0319. The molecule has 1 amide bonds. The van der Waals surface area contributed by atoms with Crippen molar-refractivity contribution >= 4 is 17.5 Å². The number of rotatable bonds is 8. The van der Waals surface area contributed by atoms with E-state index in [-0.39, 0.29) is 18.0 Å². The van der Waals surface area contributed by atoms with Crippen LogP contribution in [0.15, 0.2) is 61.1 Å². The second kappa shape index (κ2) is 11.1. The van der Waals surface area contributed by atoms with Crippen molar-refractivity contribution < 1.29 is 9.90 Å². The molecule has 5 rings (SSSR count). The first-order valence-electron chi connectivity index (χ1n) is 12.0. The van der Waals surface area contributed by atoms with Gasteiger partial charge in [0, 0.05) is 61.0 Å². The molecule has 0 spiro atoms. The van der Waals surface area contributed by atoms with Crippen molar-refractivity contribution in [3.05, 3.63) is 88.5 Å². The Labute approximate surface area is 219 Å². The Bertz CT molecular complexity index is 1330. The number of amides is 1. The monoisotopic (exact) mass is 518 g/mol. The van der Waals surface area contributed by atoms with Crippen molar-refractivity contribution in [3.8, 4) is 11.4 Å². The first-order valence-corrected chi connectivity index (χ1v) is 12.4. The number of tetrazole rings is 1. The third kappa shape index (κ3) is 5.99. The smallest absolute Gasteiger partial charge is 0.253 e. The molecule has 1 unspecified atom stereocenters. The van der Waals surface area contributed by atoms with E-state index in [0.29, 0.717) is 23.1 Å². The number of aromatic amines is 1. The molecule has 3 atom stereocenters. The highest BCUT2D eigenvalue weighted by Gasteiger charge is 2.30. The summed E-state index contributed by atoms with van der Waals surface area (Å²) in [6, 6.07) is 13.3. The maximum atomic E-state index is 13.0. The molecular weight excluding hydrogens is 492 g/mol. The molecule has 1 aliphatic heterocycles. The van der Waals surface area contributed by atoms with E-state index in [1.165, 1.54) is 0 Å². The van der Waals surface area contributed by atoms with Crippen LogP contribution in [0, 0.1) is 0 Å². The quantitative estimate of drug-likeness (QED) is 0.303. The third-order valence-corrected chi connectivity index (χ3v) is 6.82. The van der Waals surface area contributed by atoms with E-state index >= 15 is 0 Å². The number of carbonyl (C=O) groups excluding carboxylic acids is 1. The molecule has 11 heteroatoms. The van der Waals surface area contributed by atoms with Gasteiger partial charge >= 0.3 is 0 Å². The van der Waals surface area contributed by atoms with Gasteiger partial charge in [0.2, 0.25) is 5.82 Å². The van der Waals surface area contributed by atoms with Gasteiger partial charge < -0.3 is 15.3 Å². The Hall–Kier alpha value is -3.73. The first kappa shape index (κ1) is 24.9. The Morgan fingerprint density at radius 2 is 1.97 bits per heavy atom. The number of pyridine rings is 2. The normalized spacial score (nSPS) is 18.0. The fourth-order valence-corrected chi connectivity index (χ4v) is 4.78. The molecule has 0 radical (unpaired) electrons. The van der Waals surface area contributed by atoms with Crippen molar-refractivity contribution in [2.24, 2.45) is 0 Å². The van der Waals surface area contributed by atoms with Gasteiger partial charge in [-0.1, -0.05) is 29.8 Å². The van der Waals surface area contributed by atoms with E-state index in [0.717, 1.165) is 41.5 Å². The molecule has 10 nitrogen and oxygen atoms in total. The van der Waals surface area contributed by atoms with Crippen LogP contribution in [0.25, 0.3) is 11.4 Å². The Morgan fingerprint density at radius 1 is 1.14 bits per heavy atom. The van der Waals surface area contributed by atoms with Crippen LogP contribution in [0.5, 0.6) is 0 Å². The summed E-state index contributed by atoms with van der Waals surface area (Å²) >= 11 is 5.86. The summed E-state index contributed by atoms with van der Waals surface area (Å²) in [5.74, 6) is 0.383. The molecule has 1 aliphatic rings. The lowest BCUT2D eigenvalue weighted by Crippen LogP contribution is -2.35. The molecule has 1 fully saturated rings. The van der Waals surface area contributed by atoms with Gasteiger partial charge in [0.25, 0.3) is 5.91 Å². The van der Waals surface area contributed by atoms with Crippen LogP contribution in [0.1, 0.15) is 46.0 Å². The summed E-state index contributed by atoms with van der Waals surface area (Å²) in [4.78, 5) is 23.0. The number of carbonyl (C=O) groups is 1. The Morgan fingerprint density at radius 3 is 2.70 bits per heavy atom. The Balaban J connectivity index is 1.15. The summed E-state index contributed by atoms with van der Waals surface area (Å²) in [6.07, 6.45) is 7.02. The van der Waals surface area contributed by atoms with E-state index in [2.05, 4.69) is 35.9 Å². The molecular formula is C26H27ClN8O2. The standard InChI is InChI=1S/C26H27ClN8O2/c1-35(15-17-10-20(13-28-12-17)25-31-33-34-32-25)26(37)18-4-2-16(3-5-18)11-21-7-8-22(30-21)24(36)19-6-9-23(27)29-14-19/h2-6,9-10,12-14,21-22,24,30,36H,7-8,11,15H2,1H3,(H,31,32,33,34)/t21-,22+,24?/m0/s1. The number of benzene rings is 1. The topological polar surface area (TPSA) is 133 Å². The summed E-state index contributed by atoms with van der Waals surface area (Å²) in [5.41, 5.74) is 4.12. The number of H-pyrrole nitrogens is 1. The molecule has 37 heavy (non-hydrogen) atoms. The molecule has 3 aromatic heterocycles. The molecule has 190 valence electrons. The number of halogens is 1. The summed E-state index contributed by atoms with van der Waals surface area (Å²) in [6.45, 7) is 0.401. The van der Waals surface area contributed by atoms with E-state index in [9.17, 15) is 9.90 Å². The van der Waals surface area contributed by atoms with Crippen LogP contribution in [-0.2, 0) is 13.0 Å². The summed E-state index contributed by atoms with van der Waals surface area (Å²) in [7, 11) is 1.77. The minimum atomic E-state index is -0.631. The average molecular weight is 519 g/mol. The molecule has 1 aromatic carbocycles. The number of aliphatic hydroxyl groups excluding tert-OH is 1. The van der Waals surface area contributed by atoms with E-state index < -0.39 is 6.10 Å². The van der Waals surface area contributed by atoms with Gasteiger partial charge in [-0.15, -0.1) is 10.2 Å². The van der Waals surface area contributed by atoms with Crippen LogP contribution in [0.4, 0.5) is 0 Å². The highest BCUT2D eigenvalue weighted by atomic mass is 35.5. The molecule has 1 saturated heterocycles. The molecule has 0 saturated carbocycles. The van der Waals surface area contributed by atoms with Crippen molar-refractivity contribution in [3.63, 3.8) is 0 Å². The summed E-state index contributed by atoms with van der Waals surface area (Å²) in [5, 5.41) is 28.6. The van der Waals surface area contributed by atoms with Crippen LogP contribution >= 0.6 is 11.6 Å². The van der Waals surface area contributed by atoms with E-state index in [1.807, 2.05) is 36.4 Å². The van der Waals surface area contributed by atoms with Crippen molar-refractivity contribution in [1.29, 1.82) is 0 Å². The SMILES string of the molecule is CN(Cc1cncc(-c2nn[nH]n2)c1)C(=O)c1ccc(C[C@@H]2CC[C@H](C(O)c3ccc(Cl)nc3)N2)cc1. The van der Waals surface area contributed by atoms with Gasteiger partial charge in [0.05, 0.1) is 6.10 Å². The van der Waals surface area contributed by atoms with Gasteiger partial charge in [0.1, 0.15) is 5.15 Å². The largest absolute Gasteiger partial charge is 0.387 e. The fourth-order valence-electron chi connectivity index (χ4n) is 4.67. The minimum Gasteiger partial charge on any atom is -0.387 e. The highest BCUT2D eigenvalue weighted by molar-refractivity contribution is 6.29. The predicted octanol–water partition coefficient (Wildman–Crippen LogP) is 2.98. The van der Waals surface area contributed by atoms with E-state index in [4.69, 9.17) is 11.6 Å². The second-order valence-corrected chi connectivity index (χ2v) is 9.67. The number of nitrogens with one attached hydrogen (secondary N) is 2. The number of aromatic nitrogens is 6. The third-order valence-electron chi connectivity index (χ3n) is 6.60. The molecule has 0 aliphatic carbocycles. The first-order chi connectivity index (χ1) is 18.0. The van der Waals surface area contributed by atoms with Crippen LogP contribution in [0.2, 0.25) is 5.15 Å². The lowest BCUT2D eigenvalue weighted by atomic mass is 10.0. The average Bonchev–Trinajstić information content (AvgIpc) is 3.62. The number of aliphatic hydroxyl groups is 1. The predicted molar refractivity (Wildman–Crippen MR) is 138 cm³/mol. The van der Waals surface area contributed by atoms with Crippen molar-refractivity contribution in [2.45, 2.75) is 44.0 Å². The van der Waals surface area contributed by atoms with Crippen LogP contribution < -0.4 is 5.32 Å². The maximum absolute atomic E-state index is 13.0. The van der Waals surface area contributed by atoms with Crippen LogP contribution in [0.3, 0.4) is 0 Å². The number of hydrogen-bond acceptors (Lipinski definition) is 8. The lowest BCUT2D eigenvalue weighted by Gasteiger charge is -2.20. The van der Waals surface area contributed by atoms with Gasteiger partial charge in [-0.05, 0) is 59.9 Å². The highest BCUT2D eigenvalue weighted by Crippen LogP contribution is 2.27. The lowest BCUT2D eigenvalue weighted by molar-refractivity contribution is 0.0785.